The maximum Gasteiger partial charge on any atom is 0.311 e. The Kier molecular flexibility index (Phi) is 5.27. The van der Waals surface area contributed by atoms with Crippen molar-refractivity contribution in [1.29, 1.82) is 0 Å². The molecule has 1 saturated heterocycles. The first kappa shape index (κ1) is 15.9. The molecule has 1 aromatic rings. The van der Waals surface area contributed by atoms with Crippen molar-refractivity contribution in [2.45, 2.75) is 38.5 Å². The van der Waals surface area contributed by atoms with Crippen LogP contribution in [0, 0.1) is 10.1 Å². The third-order valence-electron chi connectivity index (χ3n) is 3.95. The molecule has 0 bridgehead atoms. The van der Waals surface area contributed by atoms with E-state index in [9.17, 15) is 10.1 Å². The summed E-state index contributed by atoms with van der Waals surface area (Å²) in [6.45, 7) is 2.97. The molecule has 2 atom stereocenters. The summed E-state index contributed by atoms with van der Waals surface area (Å²) in [7, 11) is 1.82. The Morgan fingerprint density at radius 1 is 1.67 bits per heavy atom. The monoisotopic (exact) mass is 298 g/mol. The van der Waals surface area contributed by atoms with Crippen LogP contribution in [0.15, 0.2) is 6.20 Å². The summed E-state index contributed by atoms with van der Waals surface area (Å²) >= 11 is 0. The average Bonchev–Trinajstić information content (AvgIpc) is 2.92. The molecule has 1 fully saturated rings. The van der Waals surface area contributed by atoms with Crippen LogP contribution in [0.1, 0.15) is 44.1 Å². The highest BCUT2D eigenvalue weighted by molar-refractivity contribution is 5.35. The zero-order valence-electron chi connectivity index (χ0n) is 12.4. The summed E-state index contributed by atoms with van der Waals surface area (Å²) < 4.78 is 7.33. The molecule has 118 valence electrons. The van der Waals surface area contributed by atoms with Gasteiger partial charge in [-0.3, -0.25) is 15.0 Å². The molecule has 0 radical (unpaired) electrons. The van der Waals surface area contributed by atoms with Crippen molar-refractivity contribution in [3.63, 3.8) is 0 Å². The summed E-state index contributed by atoms with van der Waals surface area (Å²) in [5.41, 5.74) is 0.532. The number of nitrogens with zero attached hydrogens (tertiary/aromatic N) is 4. The Labute approximate surface area is 123 Å². The van der Waals surface area contributed by atoms with Crippen LogP contribution in [-0.4, -0.2) is 51.5 Å². The molecule has 0 spiro atoms. The van der Waals surface area contributed by atoms with E-state index >= 15 is 0 Å². The Morgan fingerprint density at radius 2 is 2.43 bits per heavy atom. The molecular formula is C13H22N4O4. The summed E-state index contributed by atoms with van der Waals surface area (Å²) in [5.74, 6) is 0. The number of ether oxygens (including phenoxy) is 1. The lowest BCUT2D eigenvalue weighted by molar-refractivity contribution is -0.386. The quantitative estimate of drug-likeness (QED) is 0.631. The van der Waals surface area contributed by atoms with E-state index in [0.717, 1.165) is 19.3 Å². The number of aromatic nitrogens is 2. The number of aliphatic hydroxyl groups is 1. The number of aliphatic hydroxyl groups excluding tert-OH is 1. The second kappa shape index (κ2) is 6.97. The predicted molar refractivity (Wildman–Crippen MR) is 75.9 cm³/mol. The largest absolute Gasteiger partial charge is 0.395 e. The van der Waals surface area contributed by atoms with E-state index < -0.39 is 4.92 Å². The lowest BCUT2D eigenvalue weighted by Crippen LogP contribution is -2.30. The van der Waals surface area contributed by atoms with Crippen molar-refractivity contribution < 1.29 is 14.8 Å². The Morgan fingerprint density at radius 3 is 3.00 bits per heavy atom. The Bertz CT molecular complexity index is 485. The Balaban J connectivity index is 2.34. The second-order valence-corrected chi connectivity index (χ2v) is 5.32. The summed E-state index contributed by atoms with van der Waals surface area (Å²) in [6.07, 6.45) is 3.89. The number of rotatable bonds is 6. The van der Waals surface area contributed by atoms with Crippen LogP contribution >= 0.6 is 0 Å². The number of likely N-dealkylation sites (N-methyl/N-ethyl adjacent to an activating group) is 1. The lowest BCUT2D eigenvalue weighted by Gasteiger charge is -2.28. The highest BCUT2D eigenvalue weighted by atomic mass is 16.6. The minimum atomic E-state index is -0.412. The average molecular weight is 298 g/mol. The van der Waals surface area contributed by atoms with Gasteiger partial charge < -0.3 is 9.84 Å². The molecule has 0 aliphatic carbocycles. The van der Waals surface area contributed by atoms with Gasteiger partial charge in [-0.15, -0.1) is 0 Å². The maximum absolute atomic E-state index is 11.2. The predicted octanol–water partition coefficient (Wildman–Crippen LogP) is 1.48. The molecule has 0 aromatic carbocycles. The minimum absolute atomic E-state index is 0.00135. The van der Waals surface area contributed by atoms with E-state index in [1.165, 1.54) is 6.20 Å². The summed E-state index contributed by atoms with van der Waals surface area (Å²) in [6, 6.07) is -0.231. The van der Waals surface area contributed by atoms with E-state index in [-0.39, 0.29) is 24.6 Å². The van der Waals surface area contributed by atoms with Crippen molar-refractivity contribution in [3.8, 4) is 0 Å². The maximum atomic E-state index is 11.2. The zero-order chi connectivity index (χ0) is 15.4. The van der Waals surface area contributed by atoms with E-state index in [4.69, 9.17) is 9.84 Å². The van der Waals surface area contributed by atoms with Gasteiger partial charge in [0.15, 0.2) is 6.23 Å². The van der Waals surface area contributed by atoms with Crippen LogP contribution in [0.25, 0.3) is 0 Å². The molecule has 0 saturated carbocycles. The molecule has 0 amide bonds. The van der Waals surface area contributed by atoms with Gasteiger partial charge in [0.1, 0.15) is 11.9 Å². The molecule has 8 nitrogen and oxygen atoms in total. The SMILES string of the molecule is C[C@@H](c1c([N+](=O)[O-])cnn1[C@H]1CCCCO1)N(C)CCO. The zero-order valence-corrected chi connectivity index (χ0v) is 12.4. The van der Waals surface area contributed by atoms with Gasteiger partial charge in [-0.2, -0.15) is 5.10 Å². The van der Waals surface area contributed by atoms with Crippen LogP contribution in [0.2, 0.25) is 0 Å². The van der Waals surface area contributed by atoms with Gasteiger partial charge in [-0.1, -0.05) is 0 Å². The third-order valence-corrected chi connectivity index (χ3v) is 3.95. The first-order valence-corrected chi connectivity index (χ1v) is 7.20. The van der Waals surface area contributed by atoms with Gasteiger partial charge in [0.05, 0.1) is 17.6 Å². The standard InChI is InChI=1S/C13H22N4O4/c1-10(15(2)6-7-18)13-11(17(19)20)9-14-16(13)12-5-3-4-8-21-12/h9-10,12,18H,3-8H2,1-2H3/t10-,12+/m0/s1. The number of hydrogen-bond acceptors (Lipinski definition) is 6. The van der Waals surface area contributed by atoms with E-state index in [2.05, 4.69) is 5.10 Å². The first-order chi connectivity index (χ1) is 10.1. The van der Waals surface area contributed by atoms with E-state index in [0.29, 0.717) is 18.8 Å². The van der Waals surface area contributed by atoms with Crippen molar-refractivity contribution in [3.05, 3.63) is 22.0 Å². The summed E-state index contributed by atoms with van der Waals surface area (Å²) in [4.78, 5) is 12.7. The second-order valence-electron chi connectivity index (χ2n) is 5.32. The van der Waals surface area contributed by atoms with Crippen LogP contribution in [0.3, 0.4) is 0 Å². The fraction of sp³-hybridized carbons (Fsp3) is 0.769. The van der Waals surface area contributed by atoms with Gasteiger partial charge in [-0.05, 0) is 33.2 Å². The van der Waals surface area contributed by atoms with Crippen LogP contribution < -0.4 is 0 Å². The highest BCUT2D eigenvalue weighted by Crippen LogP contribution is 2.33. The first-order valence-electron chi connectivity index (χ1n) is 7.20. The molecule has 1 N–H and O–H groups in total. The van der Waals surface area contributed by atoms with Crippen LogP contribution in [-0.2, 0) is 4.74 Å². The van der Waals surface area contributed by atoms with Crippen LogP contribution in [0.4, 0.5) is 5.69 Å². The smallest absolute Gasteiger partial charge is 0.311 e. The van der Waals surface area contributed by atoms with Gasteiger partial charge in [-0.25, -0.2) is 4.68 Å². The highest BCUT2D eigenvalue weighted by Gasteiger charge is 2.31. The van der Waals surface area contributed by atoms with Crippen molar-refractivity contribution in [2.75, 3.05) is 26.8 Å². The van der Waals surface area contributed by atoms with Crippen molar-refractivity contribution >= 4 is 5.69 Å². The van der Waals surface area contributed by atoms with Crippen molar-refractivity contribution in [2.24, 2.45) is 0 Å². The molecule has 1 aliphatic heterocycles. The fourth-order valence-electron chi connectivity index (χ4n) is 2.61. The van der Waals surface area contributed by atoms with Gasteiger partial charge in [0.25, 0.3) is 0 Å². The summed E-state index contributed by atoms with van der Waals surface area (Å²) in [5, 5.41) is 24.5. The minimum Gasteiger partial charge on any atom is -0.395 e. The topological polar surface area (TPSA) is 93.7 Å². The van der Waals surface area contributed by atoms with Gasteiger partial charge >= 0.3 is 5.69 Å². The van der Waals surface area contributed by atoms with Gasteiger partial charge in [0, 0.05) is 13.2 Å². The van der Waals surface area contributed by atoms with E-state index in [1.54, 1.807) is 4.68 Å². The fourth-order valence-corrected chi connectivity index (χ4v) is 2.61. The normalized spacial score (nSPS) is 20.7. The molecule has 1 aliphatic rings. The third kappa shape index (κ3) is 3.39. The molecule has 1 aromatic heterocycles. The van der Waals surface area contributed by atoms with Crippen LogP contribution in [0.5, 0.6) is 0 Å². The lowest BCUT2D eigenvalue weighted by atomic mass is 10.1. The number of hydrogen-bond donors (Lipinski definition) is 1. The molecule has 2 rings (SSSR count). The van der Waals surface area contributed by atoms with Gasteiger partial charge in [0.2, 0.25) is 0 Å². The molecule has 2 heterocycles. The Hall–Kier alpha value is -1.51. The van der Waals surface area contributed by atoms with E-state index in [1.807, 2.05) is 18.9 Å². The molecule has 8 heteroatoms. The molecule has 0 unspecified atom stereocenters. The molecule has 21 heavy (non-hydrogen) atoms. The molecular weight excluding hydrogens is 276 g/mol. The number of nitro groups is 1. The van der Waals surface area contributed by atoms with Crippen molar-refractivity contribution in [1.82, 2.24) is 14.7 Å².